The van der Waals surface area contributed by atoms with E-state index in [0.29, 0.717) is 6.61 Å². The Morgan fingerprint density at radius 1 is 0.750 bits per heavy atom. The van der Waals surface area contributed by atoms with Crippen LogP contribution in [-0.2, 0) is 0 Å². The quantitative estimate of drug-likeness (QED) is 0.350. The Morgan fingerprint density at radius 2 is 1.50 bits per heavy atom. The number of para-hydroxylation sites is 2. The number of hydrogen-bond donors (Lipinski definition) is 0. The molecular formula is C24H18O2S2. The van der Waals surface area contributed by atoms with Crippen molar-refractivity contribution in [2.75, 3.05) is 6.61 Å². The summed E-state index contributed by atoms with van der Waals surface area (Å²) in [5, 5.41) is 2.09. The summed E-state index contributed by atoms with van der Waals surface area (Å²) in [6, 6.07) is 27.8. The van der Waals surface area contributed by atoms with Crippen LogP contribution < -0.4 is 9.47 Å². The Hall–Kier alpha value is -3.00. The SMILES string of the molecule is C(#CC(COc1ccccc1)Oc1ccccc1)c1ccc(-c2cccs2)s1. The van der Waals surface area contributed by atoms with Gasteiger partial charge in [0.1, 0.15) is 18.1 Å². The Kier molecular flexibility index (Phi) is 6.08. The molecular weight excluding hydrogens is 384 g/mol. The van der Waals surface area contributed by atoms with Gasteiger partial charge in [-0.1, -0.05) is 48.4 Å². The Bertz CT molecular complexity index is 1040. The van der Waals surface area contributed by atoms with E-state index in [-0.39, 0.29) is 6.10 Å². The maximum absolute atomic E-state index is 6.05. The molecule has 4 heteroatoms. The standard InChI is InChI=1S/C24H18O2S2/c1-3-8-19(9-4-1)25-18-21(26-20-10-5-2-6-11-20)13-14-22-15-16-24(28-22)23-12-7-17-27-23/h1-12,15-17,21H,18H2. The summed E-state index contributed by atoms with van der Waals surface area (Å²) in [5.74, 6) is 8.07. The highest BCUT2D eigenvalue weighted by atomic mass is 32.1. The molecule has 0 saturated carbocycles. The molecule has 0 spiro atoms. The van der Waals surface area contributed by atoms with Gasteiger partial charge in [-0.05, 0) is 53.8 Å². The first-order valence-corrected chi connectivity index (χ1v) is 10.6. The van der Waals surface area contributed by atoms with E-state index in [4.69, 9.17) is 9.47 Å². The minimum Gasteiger partial charge on any atom is -0.489 e. The van der Waals surface area contributed by atoms with Crippen molar-refractivity contribution < 1.29 is 9.47 Å². The number of thiophene rings is 2. The van der Waals surface area contributed by atoms with Crippen LogP contribution in [0.5, 0.6) is 11.5 Å². The maximum atomic E-state index is 6.05. The van der Waals surface area contributed by atoms with Crippen LogP contribution in [0.25, 0.3) is 9.75 Å². The van der Waals surface area contributed by atoms with Gasteiger partial charge in [-0.15, -0.1) is 22.7 Å². The molecule has 0 aliphatic rings. The molecule has 0 aliphatic carbocycles. The summed E-state index contributed by atoms with van der Waals surface area (Å²) in [6.07, 6.45) is -0.366. The zero-order valence-electron chi connectivity index (χ0n) is 15.1. The van der Waals surface area contributed by atoms with Gasteiger partial charge in [-0.25, -0.2) is 0 Å². The number of ether oxygens (including phenoxy) is 2. The minimum atomic E-state index is -0.366. The predicted octanol–water partition coefficient (Wildman–Crippen LogP) is 6.35. The molecule has 2 heterocycles. The molecule has 1 unspecified atom stereocenters. The molecule has 0 aliphatic heterocycles. The Labute approximate surface area is 173 Å². The van der Waals surface area contributed by atoms with Gasteiger partial charge in [0.25, 0.3) is 0 Å². The van der Waals surface area contributed by atoms with E-state index in [1.165, 1.54) is 9.75 Å². The van der Waals surface area contributed by atoms with Crippen LogP contribution in [0.3, 0.4) is 0 Å². The van der Waals surface area contributed by atoms with Crippen molar-refractivity contribution in [3.63, 3.8) is 0 Å². The highest BCUT2D eigenvalue weighted by Gasteiger charge is 2.09. The highest BCUT2D eigenvalue weighted by Crippen LogP contribution is 2.31. The van der Waals surface area contributed by atoms with E-state index in [1.54, 1.807) is 22.7 Å². The Balaban J connectivity index is 1.49. The number of rotatable bonds is 6. The van der Waals surface area contributed by atoms with Crippen LogP contribution in [0.2, 0.25) is 0 Å². The molecule has 1 atom stereocenters. The smallest absolute Gasteiger partial charge is 0.193 e. The summed E-state index contributed by atoms with van der Waals surface area (Å²) >= 11 is 3.43. The second kappa shape index (κ2) is 9.27. The van der Waals surface area contributed by atoms with E-state index >= 15 is 0 Å². The van der Waals surface area contributed by atoms with Gasteiger partial charge in [0, 0.05) is 9.75 Å². The largest absolute Gasteiger partial charge is 0.489 e. The van der Waals surface area contributed by atoms with Crippen LogP contribution in [0.15, 0.2) is 90.3 Å². The van der Waals surface area contributed by atoms with Crippen LogP contribution >= 0.6 is 22.7 Å². The van der Waals surface area contributed by atoms with Gasteiger partial charge < -0.3 is 9.47 Å². The fraction of sp³-hybridized carbons (Fsp3) is 0.0833. The fourth-order valence-corrected chi connectivity index (χ4v) is 4.27. The van der Waals surface area contributed by atoms with Crippen LogP contribution in [-0.4, -0.2) is 12.7 Å². The molecule has 0 radical (unpaired) electrons. The van der Waals surface area contributed by atoms with Crippen LogP contribution in [0.4, 0.5) is 0 Å². The number of hydrogen-bond acceptors (Lipinski definition) is 4. The summed E-state index contributed by atoms with van der Waals surface area (Å²) in [6.45, 7) is 0.356. The monoisotopic (exact) mass is 402 g/mol. The zero-order valence-corrected chi connectivity index (χ0v) is 16.7. The van der Waals surface area contributed by atoms with Crippen molar-refractivity contribution in [2.45, 2.75) is 6.10 Å². The third kappa shape index (κ3) is 5.04. The second-order valence-electron chi connectivity index (χ2n) is 5.95. The van der Waals surface area contributed by atoms with Crippen molar-refractivity contribution in [3.8, 4) is 33.1 Å². The van der Waals surface area contributed by atoms with E-state index in [0.717, 1.165) is 16.4 Å². The molecule has 2 aromatic carbocycles. The molecule has 0 amide bonds. The van der Waals surface area contributed by atoms with Gasteiger partial charge in [-0.2, -0.15) is 0 Å². The van der Waals surface area contributed by atoms with Crippen molar-refractivity contribution in [2.24, 2.45) is 0 Å². The average molecular weight is 403 g/mol. The van der Waals surface area contributed by atoms with E-state index in [2.05, 4.69) is 41.5 Å². The molecule has 2 nitrogen and oxygen atoms in total. The van der Waals surface area contributed by atoms with Crippen LogP contribution in [0, 0.1) is 11.8 Å². The minimum absolute atomic E-state index is 0.356. The third-order valence-electron chi connectivity index (χ3n) is 3.89. The first-order valence-electron chi connectivity index (χ1n) is 8.92. The molecule has 28 heavy (non-hydrogen) atoms. The molecule has 0 fully saturated rings. The maximum Gasteiger partial charge on any atom is 0.193 e. The Morgan fingerprint density at radius 3 is 2.21 bits per heavy atom. The second-order valence-corrected chi connectivity index (χ2v) is 7.99. The van der Waals surface area contributed by atoms with Gasteiger partial charge >= 0.3 is 0 Å². The van der Waals surface area contributed by atoms with E-state index in [1.807, 2.05) is 60.7 Å². The molecule has 4 rings (SSSR count). The molecule has 138 valence electrons. The lowest BCUT2D eigenvalue weighted by Crippen LogP contribution is -2.23. The summed E-state index contributed by atoms with van der Waals surface area (Å²) in [4.78, 5) is 3.52. The molecule has 4 aromatic rings. The van der Waals surface area contributed by atoms with Gasteiger partial charge in [0.05, 0.1) is 4.88 Å². The van der Waals surface area contributed by atoms with Crippen molar-refractivity contribution in [3.05, 3.63) is 95.2 Å². The lowest BCUT2D eigenvalue weighted by atomic mass is 10.3. The summed E-state index contributed by atoms with van der Waals surface area (Å²) in [7, 11) is 0. The van der Waals surface area contributed by atoms with Crippen molar-refractivity contribution in [1.82, 2.24) is 0 Å². The normalized spacial score (nSPS) is 11.3. The lowest BCUT2D eigenvalue weighted by molar-refractivity contribution is 0.170. The van der Waals surface area contributed by atoms with Crippen molar-refractivity contribution >= 4 is 22.7 Å². The van der Waals surface area contributed by atoms with Crippen LogP contribution in [0.1, 0.15) is 4.88 Å². The van der Waals surface area contributed by atoms with Crippen molar-refractivity contribution in [1.29, 1.82) is 0 Å². The molecule has 0 N–H and O–H groups in total. The highest BCUT2D eigenvalue weighted by molar-refractivity contribution is 7.21. The zero-order chi connectivity index (χ0) is 19.0. The molecule has 0 bridgehead atoms. The third-order valence-corrected chi connectivity index (χ3v) is 5.96. The lowest BCUT2D eigenvalue weighted by Gasteiger charge is -2.15. The molecule has 0 saturated heterocycles. The topological polar surface area (TPSA) is 18.5 Å². The fourth-order valence-electron chi connectivity index (χ4n) is 2.56. The first-order chi connectivity index (χ1) is 13.9. The van der Waals surface area contributed by atoms with E-state index < -0.39 is 0 Å². The average Bonchev–Trinajstić information content (AvgIpc) is 3.43. The molecule has 2 aromatic heterocycles. The van der Waals surface area contributed by atoms with Gasteiger partial charge in [0.15, 0.2) is 6.10 Å². The summed E-state index contributed by atoms with van der Waals surface area (Å²) < 4.78 is 11.9. The van der Waals surface area contributed by atoms with Gasteiger partial charge in [0.2, 0.25) is 0 Å². The first kappa shape index (κ1) is 18.4. The number of benzene rings is 2. The van der Waals surface area contributed by atoms with Gasteiger partial charge in [-0.3, -0.25) is 0 Å². The summed E-state index contributed by atoms with van der Waals surface area (Å²) in [5.41, 5.74) is 0. The predicted molar refractivity (Wildman–Crippen MR) is 117 cm³/mol. The van der Waals surface area contributed by atoms with E-state index in [9.17, 15) is 0 Å².